The summed E-state index contributed by atoms with van der Waals surface area (Å²) < 4.78 is 5.02. The fraction of sp³-hybridized carbons (Fsp3) is 0.600. The van der Waals surface area contributed by atoms with Crippen molar-refractivity contribution in [3.8, 4) is 6.01 Å². The molecule has 2 heterocycles. The predicted molar refractivity (Wildman–Crippen MR) is 65.7 cm³/mol. The summed E-state index contributed by atoms with van der Waals surface area (Å²) in [6.45, 7) is 3.04. The lowest BCUT2D eigenvalue weighted by Crippen LogP contribution is -2.54. The zero-order valence-electron chi connectivity index (χ0n) is 10.6. The second-order valence-electron chi connectivity index (χ2n) is 3.86. The molecule has 8 nitrogen and oxygen atoms in total. The van der Waals surface area contributed by atoms with E-state index in [0.29, 0.717) is 25.0 Å². The molecule has 98 valence electrons. The molecule has 0 spiro atoms. The molecule has 18 heavy (non-hydrogen) atoms. The van der Waals surface area contributed by atoms with Crippen molar-refractivity contribution in [3.05, 3.63) is 0 Å². The minimum atomic E-state index is -0.310. The zero-order chi connectivity index (χ0) is 13.1. The number of carbonyl (C=O) groups excluding carboxylic acids is 1. The van der Waals surface area contributed by atoms with E-state index in [1.807, 2.05) is 11.8 Å². The smallest absolute Gasteiger partial charge is 0.322 e. The molecule has 1 atom stereocenters. The zero-order valence-corrected chi connectivity index (χ0v) is 10.6. The molecule has 0 radical (unpaired) electrons. The van der Waals surface area contributed by atoms with Crippen molar-refractivity contribution >= 4 is 17.8 Å². The quantitative estimate of drug-likeness (QED) is 0.731. The van der Waals surface area contributed by atoms with Crippen LogP contribution in [0.25, 0.3) is 0 Å². The largest absolute Gasteiger partial charge is 0.467 e. The van der Waals surface area contributed by atoms with Crippen molar-refractivity contribution < 1.29 is 9.53 Å². The number of nitrogens with one attached hydrogen (secondary N) is 2. The number of aromatic nitrogens is 3. The van der Waals surface area contributed by atoms with Crippen molar-refractivity contribution in [1.29, 1.82) is 0 Å². The van der Waals surface area contributed by atoms with Crippen molar-refractivity contribution in [2.24, 2.45) is 0 Å². The second-order valence-corrected chi connectivity index (χ2v) is 3.86. The lowest BCUT2D eigenvalue weighted by Gasteiger charge is -2.32. The number of anilines is 2. The fourth-order valence-corrected chi connectivity index (χ4v) is 1.73. The monoisotopic (exact) mass is 252 g/mol. The lowest BCUT2D eigenvalue weighted by molar-refractivity contribution is -0.122. The topological polar surface area (TPSA) is 92.3 Å². The maximum Gasteiger partial charge on any atom is 0.322 e. The van der Waals surface area contributed by atoms with Gasteiger partial charge in [0, 0.05) is 20.1 Å². The van der Waals surface area contributed by atoms with Crippen LogP contribution in [0.15, 0.2) is 0 Å². The molecule has 1 amide bonds. The molecule has 1 aliphatic rings. The van der Waals surface area contributed by atoms with Crippen molar-refractivity contribution in [2.45, 2.75) is 13.0 Å². The number of amides is 1. The molecule has 8 heteroatoms. The summed E-state index contributed by atoms with van der Waals surface area (Å²) in [7, 11) is 3.20. The molecule has 1 aliphatic heterocycles. The highest BCUT2D eigenvalue weighted by atomic mass is 16.5. The van der Waals surface area contributed by atoms with E-state index in [1.54, 1.807) is 7.05 Å². The first-order valence-electron chi connectivity index (χ1n) is 5.68. The number of nitrogens with zero attached hydrogens (tertiary/aromatic N) is 4. The Kier molecular flexibility index (Phi) is 3.45. The Labute approximate surface area is 105 Å². The van der Waals surface area contributed by atoms with Gasteiger partial charge >= 0.3 is 6.01 Å². The predicted octanol–water partition coefficient (Wildman–Crippen LogP) is -0.753. The van der Waals surface area contributed by atoms with E-state index < -0.39 is 0 Å². The van der Waals surface area contributed by atoms with Gasteiger partial charge in [-0.1, -0.05) is 0 Å². The summed E-state index contributed by atoms with van der Waals surface area (Å²) >= 11 is 0. The highest BCUT2D eigenvalue weighted by Crippen LogP contribution is 2.18. The van der Waals surface area contributed by atoms with Gasteiger partial charge in [-0.2, -0.15) is 15.0 Å². The molecule has 1 aromatic rings. The van der Waals surface area contributed by atoms with Crippen molar-refractivity contribution in [1.82, 2.24) is 20.3 Å². The fourth-order valence-electron chi connectivity index (χ4n) is 1.73. The van der Waals surface area contributed by atoms with Crippen LogP contribution in [0, 0.1) is 0 Å². The van der Waals surface area contributed by atoms with Gasteiger partial charge in [0.1, 0.15) is 6.04 Å². The van der Waals surface area contributed by atoms with E-state index in [0.717, 1.165) is 0 Å². The number of carbonyl (C=O) groups is 1. The third-order valence-electron chi connectivity index (χ3n) is 2.77. The number of rotatable bonds is 3. The van der Waals surface area contributed by atoms with E-state index in [-0.39, 0.29) is 18.0 Å². The van der Waals surface area contributed by atoms with Gasteiger partial charge in [-0.25, -0.2) is 0 Å². The minimum absolute atomic E-state index is 0.0355. The molecule has 1 unspecified atom stereocenters. The Bertz CT molecular complexity index is 430. The SMILES string of the molecule is CNc1nc(OC)nc(N2CCNC(=O)C2C)n1. The molecule has 0 bridgehead atoms. The molecular formula is C10H16N6O2. The van der Waals surface area contributed by atoms with Gasteiger partial charge in [0.15, 0.2) is 0 Å². The summed E-state index contributed by atoms with van der Waals surface area (Å²) in [5.74, 6) is 0.815. The Hall–Kier alpha value is -2.12. The standard InChI is InChI=1S/C10H16N6O2/c1-6-7(17)12-4-5-16(6)9-13-8(11-2)14-10(15-9)18-3/h6H,4-5H2,1-3H3,(H,12,17)(H,11,13,14,15). The summed E-state index contributed by atoms with van der Waals surface area (Å²) in [6.07, 6.45) is 0. The molecule has 0 saturated carbocycles. The number of ether oxygens (including phenoxy) is 1. The maximum atomic E-state index is 11.6. The lowest BCUT2D eigenvalue weighted by atomic mass is 10.2. The molecule has 1 saturated heterocycles. The first kappa shape index (κ1) is 12.3. The average Bonchev–Trinajstić information content (AvgIpc) is 2.41. The van der Waals surface area contributed by atoms with Gasteiger partial charge in [0.2, 0.25) is 17.8 Å². The van der Waals surface area contributed by atoms with Crippen molar-refractivity contribution in [3.63, 3.8) is 0 Å². The van der Waals surface area contributed by atoms with Crippen LogP contribution in [-0.4, -0.2) is 54.1 Å². The molecule has 0 aliphatic carbocycles. The van der Waals surface area contributed by atoms with Crippen LogP contribution in [0.1, 0.15) is 6.92 Å². The Morgan fingerprint density at radius 2 is 2.22 bits per heavy atom. The molecule has 2 N–H and O–H groups in total. The van der Waals surface area contributed by atoms with E-state index in [9.17, 15) is 4.79 Å². The van der Waals surface area contributed by atoms with Gasteiger partial charge in [-0.3, -0.25) is 4.79 Å². The second kappa shape index (κ2) is 5.03. The maximum absolute atomic E-state index is 11.6. The first-order valence-corrected chi connectivity index (χ1v) is 5.68. The van der Waals surface area contributed by atoms with Crippen LogP contribution in [0.2, 0.25) is 0 Å². The van der Waals surface area contributed by atoms with Crippen LogP contribution in [0.3, 0.4) is 0 Å². The van der Waals surface area contributed by atoms with Gasteiger partial charge in [0.05, 0.1) is 7.11 Å². The summed E-state index contributed by atoms with van der Waals surface area (Å²) in [5.41, 5.74) is 0. The average molecular weight is 252 g/mol. The molecule has 1 aromatic heterocycles. The Balaban J connectivity index is 2.34. The van der Waals surface area contributed by atoms with Gasteiger partial charge in [-0.05, 0) is 6.92 Å². The van der Waals surface area contributed by atoms with E-state index in [1.165, 1.54) is 7.11 Å². The van der Waals surface area contributed by atoms with Crippen LogP contribution < -0.4 is 20.3 Å². The van der Waals surface area contributed by atoms with Crippen LogP contribution in [0.5, 0.6) is 6.01 Å². The molecule has 1 fully saturated rings. The number of hydrogen-bond donors (Lipinski definition) is 2. The summed E-state index contributed by atoms with van der Waals surface area (Å²) in [6, 6.07) is -0.0851. The first-order chi connectivity index (χ1) is 8.65. The normalized spacial score (nSPS) is 19.4. The van der Waals surface area contributed by atoms with Crippen LogP contribution in [-0.2, 0) is 4.79 Å². The third kappa shape index (κ3) is 2.27. The van der Waals surface area contributed by atoms with Gasteiger partial charge in [0.25, 0.3) is 0 Å². The Morgan fingerprint density at radius 3 is 2.89 bits per heavy atom. The third-order valence-corrected chi connectivity index (χ3v) is 2.77. The molecular weight excluding hydrogens is 236 g/mol. The number of methoxy groups -OCH3 is 1. The van der Waals surface area contributed by atoms with E-state index >= 15 is 0 Å². The van der Waals surface area contributed by atoms with Crippen LogP contribution >= 0.6 is 0 Å². The van der Waals surface area contributed by atoms with Gasteiger partial charge < -0.3 is 20.3 Å². The molecule has 0 aromatic carbocycles. The summed E-state index contributed by atoms with van der Waals surface area (Å²) in [5, 5.41) is 5.63. The Morgan fingerprint density at radius 1 is 1.44 bits per heavy atom. The number of piperazine rings is 1. The highest BCUT2D eigenvalue weighted by molar-refractivity contribution is 5.85. The van der Waals surface area contributed by atoms with E-state index in [2.05, 4.69) is 25.6 Å². The summed E-state index contributed by atoms with van der Waals surface area (Å²) in [4.78, 5) is 25.9. The molecule has 2 rings (SSSR count). The highest BCUT2D eigenvalue weighted by Gasteiger charge is 2.28. The van der Waals surface area contributed by atoms with Gasteiger partial charge in [-0.15, -0.1) is 0 Å². The minimum Gasteiger partial charge on any atom is -0.467 e. The van der Waals surface area contributed by atoms with E-state index in [4.69, 9.17) is 4.74 Å². The van der Waals surface area contributed by atoms with Crippen molar-refractivity contribution in [2.75, 3.05) is 37.5 Å². The van der Waals surface area contributed by atoms with Crippen LogP contribution in [0.4, 0.5) is 11.9 Å². The number of hydrogen-bond acceptors (Lipinski definition) is 7.